The van der Waals surface area contributed by atoms with Crippen molar-refractivity contribution in [3.63, 3.8) is 0 Å². The smallest absolute Gasteiger partial charge is 0.199 e. The molecular formula is C27H26FN3. The summed E-state index contributed by atoms with van der Waals surface area (Å²) in [5, 5.41) is 16.0. The van der Waals surface area contributed by atoms with Crippen LogP contribution >= 0.6 is 0 Å². The molecule has 0 bridgehead atoms. The van der Waals surface area contributed by atoms with Crippen molar-refractivity contribution in [3.8, 4) is 17.2 Å². The maximum absolute atomic E-state index is 15.1. The van der Waals surface area contributed by atoms with Crippen molar-refractivity contribution in [2.24, 2.45) is 0 Å². The summed E-state index contributed by atoms with van der Waals surface area (Å²) >= 11 is 0. The van der Waals surface area contributed by atoms with E-state index in [0.29, 0.717) is 16.9 Å². The molecule has 0 atom stereocenters. The fraction of sp³-hybridized carbons (Fsp3) is 0.296. The van der Waals surface area contributed by atoms with Crippen molar-refractivity contribution in [3.05, 3.63) is 72.2 Å². The first-order valence-electron chi connectivity index (χ1n) is 11.3. The van der Waals surface area contributed by atoms with E-state index in [1.807, 2.05) is 30.3 Å². The lowest BCUT2D eigenvalue weighted by atomic mass is 9.95. The van der Waals surface area contributed by atoms with Crippen LogP contribution in [0.2, 0.25) is 0 Å². The highest BCUT2D eigenvalue weighted by Gasteiger charge is 2.25. The van der Waals surface area contributed by atoms with Crippen LogP contribution in [0.25, 0.3) is 27.4 Å². The lowest BCUT2D eigenvalue weighted by Crippen LogP contribution is -2.22. The number of nitrogens with one attached hydrogen (secondary N) is 1. The summed E-state index contributed by atoms with van der Waals surface area (Å²) in [5.74, 6) is 0.348. The van der Waals surface area contributed by atoms with Gasteiger partial charge in [-0.2, -0.15) is 9.65 Å². The van der Waals surface area contributed by atoms with Crippen molar-refractivity contribution in [1.29, 1.82) is 5.26 Å². The minimum atomic E-state index is -0.353. The number of fused-ring (bicyclic) bond motifs is 2. The molecule has 2 heterocycles. The molecular weight excluding hydrogens is 385 g/mol. The van der Waals surface area contributed by atoms with Crippen LogP contribution in [0.1, 0.15) is 50.5 Å². The molecule has 1 fully saturated rings. The zero-order valence-electron chi connectivity index (χ0n) is 17.6. The Labute approximate surface area is 182 Å². The third-order valence-corrected chi connectivity index (χ3v) is 6.53. The van der Waals surface area contributed by atoms with Gasteiger partial charge in [-0.25, -0.2) is 0 Å². The predicted molar refractivity (Wildman–Crippen MR) is 125 cm³/mol. The van der Waals surface area contributed by atoms with E-state index >= 15 is 4.39 Å². The zero-order valence-corrected chi connectivity index (χ0v) is 17.6. The molecule has 3 nitrogen and oxygen atoms in total. The SMILES string of the molecule is N#Cc1c(-c2cccc3ccccc23)c(NC2CCCCCCC2)n2c(F)cccc12. The van der Waals surface area contributed by atoms with E-state index in [1.54, 1.807) is 10.5 Å². The molecule has 5 rings (SSSR count). The highest BCUT2D eigenvalue weighted by molar-refractivity contribution is 6.03. The van der Waals surface area contributed by atoms with Crippen LogP contribution in [0, 0.1) is 17.3 Å². The largest absolute Gasteiger partial charge is 0.368 e. The second-order valence-corrected chi connectivity index (χ2v) is 8.49. The van der Waals surface area contributed by atoms with Gasteiger partial charge in [0.1, 0.15) is 11.9 Å². The van der Waals surface area contributed by atoms with Gasteiger partial charge in [-0.3, -0.25) is 4.40 Å². The first-order chi connectivity index (χ1) is 15.3. The van der Waals surface area contributed by atoms with Crippen molar-refractivity contribution in [1.82, 2.24) is 4.40 Å². The highest BCUT2D eigenvalue weighted by atomic mass is 19.1. The fourth-order valence-electron chi connectivity index (χ4n) is 5.01. The summed E-state index contributed by atoms with van der Waals surface area (Å²) in [4.78, 5) is 0. The summed E-state index contributed by atoms with van der Waals surface area (Å²) in [7, 11) is 0. The van der Waals surface area contributed by atoms with Crippen molar-refractivity contribution < 1.29 is 4.39 Å². The summed E-state index contributed by atoms with van der Waals surface area (Å²) in [5.41, 5.74) is 2.89. The van der Waals surface area contributed by atoms with E-state index in [0.717, 1.165) is 34.7 Å². The first kappa shape index (κ1) is 19.6. The number of hydrogen-bond acceptors (Lipinski definition) is 2. The number of hydrogen-bond donors (Lipinski definition) is 1. The molecule has 4 aromatic rings. The minimum absolute atomic E-state index is 0.276. The van der Waals surface area contributed by atoms with Crippen molar-refractivity contribution in [2.45, 2.75) is 51.0 Å². The Morgan fingerprint density at radius 1 is 0.871 bits per heavy atom. The van der Waals surface area contributed by atoms with Gasteiger partial charge in [-0.15, -0.1) is 0 Å². The topological polar surface area (TPSA) is 40.2 Å². The van der Waals surface area contributed by atoms with E-state index in [4.69, 9.17) is 0 Å². The number of nitrogens with zero attached hydrogens (tertiary/aromatic N) is 2. The molecule has 1 aliphatic carbocycles. The summed E-state index contributed by atoms with van der Waals surface area (Å²) in [6.07, 6.45) is 8.30. The molecule has 0 amide bonds. The molecule has 2 aromatic carbocycles. The Morgan fingerprint density at radius 3 is 2.39 bits per heavy atom. The second kappa shape index (κ2) is 8.43. The quantitative estimate of drug-likeness (QED) is 0.359. The van der Waals surface area contributed by atoms with E-state index in [-0.39, 0.29) is 12.0 Å². The average molecular weight is 412 g/mol. The number of benzene rings is 2. The van der Waals surface area contributed by atoms with E-state index in [1.165, 1.54) is 38.2 Å². The molecule has 1 saturated carbocycles. The van der Waals surface area contributed by atoms with Crippen molar-refractivity contribution in [2.75, 3.05) is 5.32 Å². The van der Waals surface area contributed by atoms with E-state index < -0.39 is 0 Å². The number of halogens is 1. The number of anilines is 1. The molecule has 156 valence electrons. The molecule has 1 N–H and O–H groups in total. The van der Waals surface area contributed by atoms with Crippen LogP contribution in [0.5, 0.6) is 0 Å². The molecule has 0 spiro atoms. The molecule has 4 heteroatoms. The summed E-state index contributed by atoms with van der Waals surface area (Å²) in [6.45, 7) is 0. The summed E-state index contributed by atoms with van der Waals surface area (Å²) < 4.78 is 16.7. The van der Waals surface area contributed by atoms with E-state index in [2.05, 4.69) is 29.6 Å². The van der Waals surface area contributed by atoms with Gasteiger partial charge < -0.3 is 5.32 Å². The van der Waals surface area contributed by atoms with Gasteiger partial charge in [0, 0.05) is 11.6 Å². The second-order valence-electron chi connectivity index (χ2n) is 8.49. The lowest BCUT2D eigenvalue weighted by Gasteiger charge is -2.23. The third-order valence-electron chi connectivity index (χ3n) is 6.53. The molecule has 31 heavy (non-hydrogen) atoms. The Hall–Kier alpha value is -3.32. The molecule has 0 unspecified atom stereocenters. The maximum Gasteiger partial charge on any atom is 0.199 e. The monoisotopic (exact) mass is 411 g/mol. The van der Waals surface area contributed by atoms with Crippen LogP contribution in [-0.4, -0.2) is 10.4 Å². The first-order valence-corrected chi connectivity index (χ1v) is 11.3. The van der Waals surface area contributed by atoms with Gasteiger partial charge in [0.25, 0.3) is 0 Å². The molecule has 0 aliphatic heterocycles. The lowest BCUT2D eigenvalue weighted by molar-refractivity contribution is 0.469. The molecule has 0 saturated heterocycles. The highest BCUT2D eigenvalue weighted by Crippen LogP contribution is 2.41. The number of nitriles is 1. The number of rotatable bonds is 3. The number of aromatic nitrogens is 1. The van der Waals surface area contributed by atoms with Gasteiger partial charge in [0.2, 0.25) is 0 Å². The van der Waals surface area contributed by atoms with E-state index in [9.17, 15) is 5.26 Å². The van der Waals surface area contributed by atoms with Crippen LogP contribution in [0.15, 0.2) is 60.7 Å². The third kappa shape index (κ3) is 3.55. The average Bonchev–Trinajstić information content (AvgIpc) is 3.09. The standard InChI is InChI=1S/C27H26FN3/c28-25-17-9-16-24-23(18-29)26(22-15-8-11-19-10-6-7-14-21(19)22)27(31(24)25)30-20-12-4-2-1-3-5-13-20/h6-11,14-17,20,30H,1-5,12-13H2. The normalized spacial score (nSPS) is 15.5. The van der Waals surface area contributed by atoms with Gasteiger partial charge in [-0.1, -0.05) is 80.6 Å². The van der Waals surface area contributed by atoms with Gasteiger partial charge in [-0.05, 0) is 41.3 Å². The van der Waals surface area contributed by atoms with Crippen LogP contribution < -0.4 is 5.32 Å². The Balaban J connectivity index is 1.76. The van der Waals surface area contributed by atoms with Crippen LogP contribution in [-0.2, 0) is 0 Å². The Bertz CT molecular complexity index is 1270. The molecule has 1 aliphatic rings. The van der Waals surface area contributed by atoms with Crippen LogP contribution in [0.3, 0.4) is 0 Å². The van der Waals surface area contributed by atoms with Crippen molar-refractivity contribution >= 4 is 22.1 Å². The Kier molecular flexibility index (Phi) is 5.34. The van der Waals surface area contributed by atoms with Gasteiger partial charge >= 0.3 is 0 Å². The fourth-order valence-corrected chi connectivity index (χ4v) is 5.01. The zero-order chi connectivity index (χ0) is 21.2. The van der Waals surface area contributed by atoms with Gasteiger partial charge in [0.05, 0.1) is 11.1 Å². The predicted octanol–water partition coefficient (Wildman–Crippen LogP) is 7.30. The summed E-state index contributed by atoms with van der Waals surface area (Å²) in [6, 6.07) is 21.9. The van der Waals surface area contributed by atoms with Gasteiger partial charge in [0.15, 0.2) is 5.95 Å². The van der Waals surface area contributed by atoms with Crippen LogP contribution in [0.4, 0.5) is 10.2 Å². The minimum Gasteiger partial charge on any atom is -0.368 e. The number of pyridine rings is 1. The molecule has 2 aromatic heterocycles. The maximum atomic E-state index is 15.1. The Morgan fingerprint density at radius 2 is 1.58 bits per heavy atom. The molecule has 0 radical (unpaired) electrons.